The maximum atomic E-state index is 6.74. The van der Waals surface area contributed by atoms with Gasteiger partial charge in [-0.1, -0.05) is 54.8 Å². The van der Waals surface area contributed by atoms with Crippen molar-refractivity contribution in [3.8, 4) is 0 Å². The molecule has 1 aliphatic rings. The van der Waals surface area contributed by atoms with Crippen molar-refractivity contribution in [3.05, 3.63) is 52.8 Å². The number of halogens is 1. The van der Waals surface area contributed by atoms with Gasteiger partial charge in [0, 0.05) is 12.0 Å². The third-order valence-corrected chi connectivity index (χ3v) is 5.16. The average molecular weight is 304 g/mol. The van der Waals surface area contributed by atoms with Crippen LogP contribution in [0.2, 0.25) is 5.02 Å². The summed E-state index contributed by atoms with van der Waals surface area (Å²) in [5, 5.41) is 5.04. The van der Waals surface area contributed by atoms with E-state index in [2.05, 4.69) is 42.4 Å². The number of hydrogen-bond donors (Lipinski definition) is 1. The first-order chi connectivity index (χ1) is 10.2. The van der Waals surface area contributed by atoms with E-state index in [0.29, 0.717) is 5.02 Å². The monoisotopic (exact) mass is 303 g/mol. The van der Waals surface area contributed by atoms with Crippen LogP contribution in [0.1, 0.15) is 49.9 Å². The average Bonchev–Trinajstić information content (AvgIpc) is 3.15. The summed E-state index contributed by atoms with van der Waals surface area (Å²) in [5.41, 5.74) is 9.03. The zero-order valence-electron chi connectivity index (χ0n) is 12.4. The largest absolute Gasteiger partial charge is 0.322 e. The Balaban J connectivity index is 2.07. The minimum atomic E-state index is -0.114. The van der Waals surface area contributed by atoms with Gasteiger partial charge in [-0.2, -0.15) is 5.10 Å². The molecule has 1 aliphatic carbocycles. The van der Waals surface area contributed by atoms with Gasteiger partial charge in [-0.25, -0.2) is 0 Å². The molecule has 1 heterocycles. The molecule has 0 bridgehead atoms. The molecule has 3 nitrogen and oxygen atoms in total. The van der Waals surface area contributed by atoms with E-state index in [1.165, 1.54) is 18.4 Å². The molecule has 112 valence electrons. The molecule has 2 N–H and O–H groups in total. The SMILES string of the molecule is CCn1ncc(Cl)c1C(N)C1(c2ccccc2)CCCC1. The highest BCUT2D eigenvalue weighted by Crippen LogP contribution is 2.49. The van der Waals surface area contributed by atoms with E-state index >= 15 is 0 Å². The molecule has 1 saturated carbocycles. The van der Waals surface area contributed by atoms with Crippen LogP contribution >= 0.6 is 11.6 Å². The van der Waals surface area contributed by atoms with Crippen LogP contribution in [0.5, 0.6) is 0 Å². The Hall–Kier alpha value is -1.32. The predicted molar refractivity (Wildman–Crippen MR) is 86.4 cm³/mol. The van der Waals surface area contributed by atoms with Gasteiger partial charge in [-0.05, 0) is 25.3 Å². The topological polar surface area (TPSA) is 43.8 Å². The molecule has 0 spiro atoms. The normalized spacial score (nSPS) is 18.8. The summed E-state index contributed by atoms with van der Waals surface area (Å²) in [6.45, 7) is 2.87. The second-order valence-electron chi connectivity index (χ2n) is 5.90. The molecule has 0 amide bonds. The van der Waals surface area contributed by atoms with Gasteiger partial charge in [0.2, 0.25) is 0 Å². The van der Waals surface area contributed by atoms with Crippen LogP contribution in [0, 0.1) is 0 Å². The molecule has 1 unspecified atom stereocenters. The highest BCUT2D eigenvalue weighted by molar-refractivity contribution is 6.31. The molecule has 2 aromatic rings. The minimum Gasteiger partial charge on any atom is -0.322 e. The lowest BCUT2D eigenvalue weighted by Crippen LogP contribution is -2.38. The fourth-order valence-electron chi connectivity index (χ4n) is 3.75. The zero-order chi connectivity index (χ0) is 14.9. The Morgan fingerprint density at radius 2 is 1.95 bits per heavy atom. The van der Waals surface area contributed by atoms with Crippen molar-refractivity contribution >= 4 is 11.6 Å². The highest BCUT2D eigenvalue weighted by atomic mass is 35.5. The van der Waals surface area contributed by atoms with Gasteiger partial charge in [-0.15, -0.1) is 0 Å². The van der Waals surface area contributed by atoms with Gasteiger partial charge < -0.3 is 5.73 Å². The van der Waals surface area contributed by atoms with Crippen LogP contribution in [-0.2, 0) is 12.0 Å². The van der Waals surface area contributed by atoms with Crippen molar-refractivity contribution < 1.29 is 0 Å². The molecular weight excluding hydrogens is 282 g/mol. The van der Waals surface area contributed by atoms with Gasteiger partial charge in [0.25, 0.3) is 0 Å². The number of hydrogen-bond acceptors (Lipinski definition) is 2. The molecule has 0 saturated heterocycles. The summed E-state index contributed by atoms with van der Waals surface area (Å²) in [7, 11) is 0. The minimum absolute atomic E-state index is 0.0160. The van der Waals surface area contributed by atoms with Gasteiger partial charge in [0.05, 0.1) is 23.0 Å². The lowest BCUT2D eigenvalue weighted by atomic mass is 9.72. The number of rotatable bonds is 4. The molecule has 3 rings (SSSR count). The van der Waals surface area contributed by atoms with Crippen LogP contribution in [0.25, 0.3) is 0 Å². The van der Waals surface area contributed by atoms with E-state index in [1.54, 1.807) is 6.20 Å². The van der Waals surface area contributed by atoms with E-state index in [4.69, 9.17) is 17.3 Å². The third-order valence-electron chi connectivity index (χ3n) is 4.87. The maximum absolute atomic E-state index is 6.74. The van der Waals surface area contributed by atoms with Crippen molar-refractivity contribution in [1.29, 1.82) is 0 Å². The van der Waals surface area contributed by atoms with Crippen LogP contribution < -0.4 is 5.73 Å². The molecule has 1 aromatic carbocycles. The Morgan fingerprint density at radius 1 is 1.29 bits per heavy atom. The molecule has 1 aromatic heterocycles. The lowest BCUT2D eigenvalue weighted by Gasteiger charge is -2.36. The third kappa shape index (κ3) is 2.39. The lowest BCUT2D eigenvalue weighted by molar-refractivity contribution is 0.339. The van der Waals surface area contributed by atoms with Crippen LogP contribution in [0.4, 0.5) is 0 Å². The summed E-state index contributed by atoms with van der Waals surface area (Å²) in [5.74, 6) is 0. The summed E-state index contributed by atoms with van der Waals surface area (Å²) in [6, 6.07) is 10.5. The first kappa shape index (κ1) is 14.6. The van der Waals surface area contributed by atoms with Crippen molar-refractivity contribution in [1.82, 2.24) is 9.78 Å². The number of nitrogens with two attached hydrogens (primary N) is 1. The fraction of sp³-hybridized carbons (Fsp3) is 0.471. The summed E-state index contributed by atoms with van der Waals surface area (Å²) in [6.07, 6.45) is 6.39. The van der Waals surface area contributed by atoms with E-state index in [1.807, 2.05) is 4.68 Å². The van der Waals surface area contributed by atoms with Crippen LogP contribution in [0.3, 0.4) is 0 Å². The number of aryl methyl sites for hydroxylation is 1. The Bertz CT molecular complexity index is 600. The van der Waals surface area contributed by atoms with E-state index < -0.39 is 0 Å². The van der Waals surface area contributed by atoms with Gasteiger partial charge in [-0.3, -0.25) is 4.68 Å². The predicted octanol–water partition coefficient (Wildman–Crippen LogP) is 4.07. The second kappa shape index (κ2) is 5.82. The molecule has 0 aliphatic heterocycles. The standard InChI is InChI=1S/C17H22ClN3/c1-2-21-15(14(18)12-20-21)16(19)17(10-6-7-11-17)13-8-4-3-5-9-13/h3-5,8-9,12,16H,2,6-7,10-11,19H2,1H3. The smallest absolute Gasteiger partial charge is 0.0834 e. The van der Waals surface area contributed by atoms with E-state index in [9.17, 15) is 0 Å². The summed E-state index contributed by atoms with van der Waals surface area (Å²) in [4.78, 5) is 0. The van der Waals surface area contributed by atoms with Crippen LogP contribution in [-0.4, -0.2) is 9.78 Å². The van der Waals surface area contributed by atoms with Crippen molar-refractivity contribution in [3.63, 3.8) is 0 Å². The van der Waals surface area contributed by atoms with Crippen LogP contribution in [0.15, 0.2) is 36.5 Å². The molecule has 1 atom stereocenters. The molecular formula is C17H22ClN3. The highest BCUT2D eigenvalue weighted by Gasteiger charge is 2.43. The first-order valence-corrected chi connectivity index (χ1v) is 8.09. The number of aromatic nitrogens is 2. The maximum Gasteiger partial charge on any atom is 0.0834 e. The van der Waals surface area contributed by atoms with Gasteiger partial charge in [0.1, 0.15) is 0 Å². The van der Waals surface area contributed by atoms with Crippen molar-refractivity contribution in [2.24, 2.45) is 5.73 Å². The molecule has 0 radical (unpaired) electrons. The molecule has 4 heteroatoms. The van der Waals surface area contributed by atoms with Crippen molar-refractivity contribution in [2.45, 2.75) is 50.6 Å². The Morgan fingerprint density at radius 3 is 2.57 bits per heavy atom. The van der Waals surface area contributed by atoms with Gasteiger partial charge >= 0.3 is 0 Å². The first-order valence-electron chi connectivity index (χ1n) is 7.71. The van der Waals surface area contributed by atoms with E-state index in [0.717, 1.165) is 25.1 Å². The molecule has 21 heavy (non-hydrogen) atoms. The van der Waals surface area contributed by atoms with Gasteiger partial charge in [0.15, 0.2) is 0 Å². The zero-order valence-corrected chi connectivity index (χ0v) is 13.2. The number of nitrogens with zero attached hydrogens (tertiary/aromatic N) is 2. The Labute approximate surface area is 131 Å². The fourth-order valence-corrected chi connectivity index (χ4v) is 4.01. The Kier molecular flexibility index (Phi) is 4.05. The quantitative estimate of drug-likeness (QED) is 0.925. The second-order valence-corrected chi connectivity index (χ2v) is 6.31. The summed E-state index contributed by atoms with van der Waals surface area (Å²) >= 11 is 6.38. The summed E-state index contributed by atoms with van der Waals surface area (Å²) < 4.78 is 1.94. The van der Waals surface area contributed by atoms with E-state index in [-0.39, 0.29) is 11.5 Å². The molecule has 1 fully saturated rings. The van der Waals surface area contributed by atoms with Crippen molar-refractivity contribution in [2.75, 3.05) is 0 Å². The number of benzene rings is 1.